The van der Waals surface area contributed by atoms with Gasteiger partial charge < -0.3 is 20.1 Å². The van der Waals surface area contributed by atoms with Crippen molar-refractivity contribution >= 4 is 17.7 Å². The quantitative estimate of drug-likeness (QED) is 0.398. The van der Waals surface area contributed by atoms with E-state index in [1.54, 1.807) is 7.05 Å². The highest BCUT2D eigenvalue weighted by atomic mass is 32.2. The zero-order valence-electron chi connectivity index (χ0n) is 12.3. The summed E-state index contributed by atoms with van der Waals surface area (Å²) >= 11 is 1.86. The van der Waals surface area contributed by atoms with E-state index in [4.69, 9.17) is 9.47 Å². The molecule has 0 amide bonds. The molecule has 1 aliphatic rings. The van der Waals surface area contributed by atoms with Crippen molar-refractivity contribution in [3.8, 4) is 0 Å². The summed E-state index contributed by atoms with van der Waals surface area (Å²) in [6, 6.07) is 0.243. The van der Waals surface area contributed by atoms with E-state index in [1.807, 2.05) is 11.8 Å². The van der Waals surface area contributed by atoms with Crippen LogP contribution in [0.15, 0.2) is 4.99 Å². The van der Waals surface area contributed by atoms with E-state index in [-0.39, 0.29) is 12.1 Å². The Hall–Kier alpha value is -0.460. The number of hydrogen-bond donors (Lipinski definition) is 2. The molecule has 2 unspecified atom stereocenters. The van der Waals surface area contributed by atoms with Crippen molar-refractivity contribution in [2.45, 2.75) is 31.9 Å². The number of thioether (sulfide) groups is 1. The molecule has 6 heteroatoms. The summed E-state index contributed by atoms with van der Waals surface area (Å²) in [4.78, 5) is 4.21. The van der Waals surface area contributed by atoms with Gasteiger partial charge in [0.25, 0.3) is 0 Å². The highest BCUT2D eigenvalue weighted by Gasteiger charge is 2.17. The van der Waals surface area contributed by atoms with Gasteiger partial charge >= 0.3 is 0 Å². The zero-order chi connectivity index (χ0) is 13.9. The van der Waals surface area contributed by atoms with Crippen LogP contribution in [0.1, 0.15) is 19.8 Å². The van der Waals surface area contributed by atoms with Crippen molar-refractivity contribution in [1.82, 2.24) is 10.6 Å². The largest absolute Gasteiger partial charge is 0.379 e. The van der Waals surface area contributed by atoms with Crippen LogP contribution in [-0.2, 0) is 9.47 Å². The highest BCUT2D eigenvalue weighted by Crippen LogP contribution is 2.08. The summed E-state index contributed by atoms with van der Waals surface area (Å²) in [5, 5.41) is 6.64. The van der Waals surface area contributed by atoms with Gasteiger partial charge in [-0.1, -0.05) is 0 Å². The highest BCUT2D eigenvalue weighted by molar-refractivity contribution is 7.98. The first kappa shape index (κ1) is 16.6. The average molecular weight is 289 g/mol. The van der Waals surface area contributed by atoms with Gasteiger partial charge in [-0.25, -0.2) is 0 Å². The molecule has 0 aliphatic carbocycles. The second-order valence-corrected chi connectivity index (χ2v) is 5.70. The number of guanidine groups is 1. The molecule has 2 N–H and O–H groups in total. The molecule has 0 spiro atoms. The predicted octanol–water partition coefficient (Wildman–Crippen LogP) is 1.10. The summed E-state index contributed by atoms with van der Waals surface area (Å²) in [5.41, 5.74) is 0. The molecule has 112 valence electrons. The molecular weight excluding hydrogens is 262 g/mol. The molecule has 1 saturated heterocycles. The predicted molar refractivity (Wildman–Crippen MR) is 82.1 cm³/mol. The number of nitrogens with one attached hydrogen (secondary N) is 2. The van der Waals surface area contributed by atoms with Gasteiger partial charge in [0.2, 0.25) is 0 Å². The smallest absolute Gasteiger partial charge is 0.191 e. The molecular formula is C13H27N3O2S. The third-order valence-electron chi connectivity index (χ3n) is 2.89. The number of aliphatic imine (C=N–C) groups is 1. The minimum atomic E-state index is 0.243. The van der Waals surface area contributed by atoms with Crippen molar-refractivity contribution in [2.24, 2.45) is 4.99 Å². The van der Waals surface area contributed by atoms with Gasteiger partial charge in [0.15, 0.2) is 5.96 Å². The van der Waals surface area contributed by atoms with Gasteiger partial charge in [0.05, 0.1) is 19.3 Å². The van der Waals surface area contributed by atoms with E-state index in [1.165, 1.54) is 5.75 Å². The Morgan fingerprint density at radius 2 is 2.42 bits per heavy atom. The molecule has 0 aromatic rings. The molecule has 1 aliphatic heterocycles. The first-order valence-electron chi connectivity index (χ1n) is 6.91. The van der Waals surface area contributed by atoms with Crippen LogP contribution < -0.4 is 10.6 Å². The van der Waals surface area contributed by atoms with Crippen LogP contribution >= 0.6 is 11.8 Å². The first-order valence-corrected chi connectivity index (χ1v) is 8.31. The van der Waals surface area contributed by atoms with Crippen LogP contribution in [0.4, 0.5) is 0 Å². The third kappa shape index (κ3) is 7.64. The van der Waals surface area contributed by atoms with Gasteiger partial charge in [0.1, 0.15) is 0 Å². The standard InChI is InChI=1S/C13H27N3O2S/c1-11(9-18-12-5-7-17-10-12)16-13(14-2)15-6-4-8-19-3/h11-12H,4-10H2,1-3H3,(H2,14,15,16). The summed E-state index contributed by atoms with van der Waals surface area (Å²) in [6.45, 7) is 5.29. The lowest BCUT2D eigenvalue weighted by atomic mass is 10.3. The van der Waals surface area contributed by atoms with Crippen molar-refractivity contribution in [3.05, 3.63) is 0 Å². The Kier molecular flexibility index (Phi) is 9.03. The van der Waals surface area contributed by atoms with Crippen LogP contribution in [-0.4, -0.2) is 63.5 Å². The second kappa shape index (κ2) is 10.3. The monoisotopic (exact) mass is 289 g/mol. The Morgan fingerprint density at radius 1 is 1.58 bits per heavy atom. The van der Waals surface area contributed by atoms with Crippen LogP contribution in [0.3, 0.4) is 0 Å². The molecule has 0 aromatic carbocycles. The van der Waals surface area contributed by atoms with E-state index < -0.39 is 0 Å². The molecule has 0 aromatic heterocycles. The van der Waals surface area contributed by atoms with Gasteiger partial charge in [-0.05, 0) is 31.8 Å². The molecule has 0 saturated carbocycles. The van der Waals surface area contributed by atoms with Crippen LogP contribution in [0.5, 0.6) is 0 Å². The Morgan fingerprint density at radius 3 is 3.05 bits per heavy atom. The zero-order valence-corrected chi connectivity index (χ0v) is 13.1. The molecule has 19 heavy (non-hydrogen) atoms. The van der Waals surface area contributed by atoms with Crippen molar-refractivity contribution < 1.29 is 9.47 Å². The van der Waals surface area contributed by atoms with Crippen molar-refractivity contribution in [2.75, 3.05) is 45.4 Å². The van der Waals surface area contributed by atoms with Gasteiger partial charge in [-0.2, -0.15) is 11.8 Å². The molecule has 0 bridgehead atoms. The lowest BCUT2D eigenvalue weighted by Crippen LogP contribution is -2.44. The van der Waals surface area contributed by atoms with Crippen molar-refractivity contribution in [1.29, 1.82) is 0 Å². The summed E-state index contributed by atoms with van der Waals surface area (Å²) in [6.07, 6.45) is 4.54. The number of rotatable bonds is 8. The molecule has 1 rings (SSSR count). The van der Waals surface area contributed by atoms with E-state index in [0.717, 1.165) is 38.6 Å². The molecule has 0 radical (unpaired) electrons. The van der Waals surface area contributed by atoms with E-state index in [0.29, 0.717) is 6.61 Å². The number of nitrogens with zero attached hydrogens (tertiary/aromatic N) is 1. The summed E-state index contributed by atoms with van der Waals surface area (Å²) in [5.74, 6) is 2.02. The fraction of sp³-hybridized carbons (Fsp3) is 0.923. The second-order valence-electron chi connectivity index (χ2n) is 4.71. The lowest BCUT2D eigenvalue weighted by molar-refractivity contribution is 0.0347. The Balaban J connectivity index is 2.11. The van der Waals surface area contributed by atoms with E-state index >= 15 is 0 Å². The fourth-order valence-electron chi connectivity index (χ4n) is 1.82. The average Bonchev–Trinajstić information content (AvgIpc) is 2.93. The molecule has 2 atom stereocenters. The lowest BCUT2D eigenvalue weighted by Gasteiger charge is -2.19. The van der Waals surface area contributed by atoms with E-state index in [2.05, 4.69) is 28.8 Å². The minimum Gasteiger partial charge on any atom is -0.379 e. The first-order chi connectivity index (χ1) is 9.26. The third-order valence-corrected chi connectivity index (χ3v) is 3.59. The van der Waals surface area contributed by atoms with Gasteiger partial charge in [-0.15, -0.1) is 0 Å². The molecule has 1 fully saturated rings. The topological polar surface area (TPSA) is 54.9 Å². The van der Waals surface area contributed by atoms with Crippen LogP contribution in [0.25, 0.3) is 0 Å². The van der Waals surface area contributed by atoms with E-state index in [9.17, 15) is 0 Å². The normalized spacial score (nSPS) is 21.4. The fourth-order valence-corrected chi connectivity index (χ4v) is 2.25. The Labute approximate surface area is 120 Å². The molecule has 5 nitrogen and oxygen atoms in total. The maximum Gasteiger partial charge on any atom is 0.191 e. The SMILES string of the molecule is CN=C(NCCCSC)NC(C)COC1CCOC1. The maximum absolute atomic E-state index is 5.78. The number of hydrogen-bond acceptors (Lipinski definition) is 4. The molecule has 1 heterocycles. The minimum absolute atomic E-state index is 0.243. The maximum atomic E-state index is 5.78. The van der Waals surface area contributed by atoms with Crippen LogP contribution in [0, 0.1) is 0 Å². The van der Waals surface area contributed by atoms with Gasteiger partial charge in [0, 0.05) is 26.2 Å². The Bertz CT molecular complexity index is 258. The van der Waals surface area contributed by atoms with Crippen molar-refractivity contribution in [3.63, 3.8) is 0 Å². The van der Waals surface area contributed by atoms with Gasteiger partial charge in [-0.3, -0.25) is 4.99 Å². The summed E-state index contributed by atoms with van der Waals surface area (Å²) < 4.78 is 11.1. The number of ether oxygens (including phenoxy) is 2. The van der Waals surface area contributed by atoms with Crippen LogP contribution in [0.2, 0.25) is 0 Å². The summed E-state index contributed by atoms with van der Waals surface area (Å²) in [7, 11) is 1.79.